The Morgan fingerprint density at radius 3 is 2.30 bits per heavy atom. The first-order valence-electron chi connectivity index (χ1n) is 9.10. The van der Waals surface area contributed by atoms with Crippen LogP contribution in [-0.4, -0.2) is 49.9 Å². The van der Waals surface area contributed by atoms with E-state index in [-0.39, 0.29) is 12.2 Å². The van der Waals surface area contributed by atoms with Gasteiger partial charge in [-0.15, -0.1) is 0 Å². The molecule has 0 aliphatic carbocycles. The van der Waals surface area contributed by atoms with Gasteiger partial charge in [-0.05, 0) is 44.5 Å². The summed E-state index contributed by atoms with van der Waals surface area (Å²) >= 11 is 0. The second-order valence-electron chi connectivity index (χ2n) is 7.25. The van der Waals surface area contributed by atoms with Crippen molar-refractivity contribution in [1.82, 2.24) is 5.32 Å². The molecule has 9 heteroatoms. The molecule has 0 aliphatic heterocycles. The van der Waals surface area contributed by atoms with Crippen molar-refractivity contribution in [3.8, 4) is 5.75 Å². The number of rotatable bonds is 7. The number of ether oxygens (including phenoxy) is 4. The number of nitrogens with one attached hydrogen (secondary N) is 1. The summed E-state index contributed by atoms with van der Waals surface area (Å²) < 4.78 is 19.6. The first kappa shape index (κ1) is 24.7. The van der Waals surface area contributed by atoms with Gasteiger partial charge in [0.1, 0.15) is 17.4 Å². The van der Waals surface area contributed by atoms with E-state index in [1.165, 1.54) is 39.4 Å². The van der Waals surface area contributed by atoms with Crippen LogP contribution in [0.4, 0.5) is 4.79 Å². The van der Waals surface area contributed by atoms with Gasteiger partial charge in [-0.1, -0.05) is 6.07 Å². The molecule has 0 saturated heterocycles. The lowest BCUT2D eigenvalue weighted by Gasteiger charge is -2.22. The lowest BCUT2D eigenvalue weighted by Crippen LogP contribution is -2.45. The van der Waals surface area contributed by atoms with Gasteiger partial charge in [-0.25, -0.2) is 14.4 Å². The van der Waals surface area contributed by atoms with E-state index in [2.05, 4.69) is 10.1 Å². The molecule has 1 aromatic rings. The molecule has 0 aromatic heterocycles. The van der Waals surface area contributed by atoms with Crippen molar-refractivity contribution in [1.29, 1.82) is 0 Å². The Kier molecular flexibility index (Phi) is 9.04. The molecule has 1 amide bonds. The highest BCUT2D eigenvalue weighted by Gasteiger charge is 2.25. The van der Waals surface area contributed by atoms with Crippen molar-refractivity contribution >= 4 is 30.1 Å². The SMILES string of the molecule is COC(=O)/C=C/c1cc(C[C@H](NC(=O)OC(C)(C)C)C(=O)OC)ccc1OC(C)=O. The van der Waals surface area contributed by atoms with E-state index >= 15 is 0 Å². The summed E-state index contributed by atoms with van der Waals surface area (Å²) in [6.45, 7) is 6.36. The van der Waals surface area contributed by atoms with Crippen LogP contribution in [0.2, 0.25) is 0 Å². The predicted octanol–water partition coefficient (Wildman–Crippen LogP) is 2.41. The smallest absolute Gasteiger partial charge is 0.408 e. The Morgan fingerprint density at radius 2 is 1.77 bits per heavy atom. The lowest BCUT2D eigenvalue weighted by atomic mass is 10.0. The van der Waals surface area contributed by atoms with Gasteiger partial charge in [0.25, 0.3) is 0 Å². The minimum Gasteiger partial charge on any atom is -0.467 e. The third-order valence-electron chi connectivity index (χ3n) is 3.54. The Hall–Kier alpha value is -3.36. The van der Waals surface area contributed by atoms with Crippen molar-refractivity contribution in [3.05, 3.63) is 35.4 Å². The van der Waals surface area contributed by atoms with Crippen LogP contribution in [0.25, 0.3) is 6.08 Å². The van der Waals surface area contributed by atoms with E-state index in [1.54, 1.807) is 32.9 Å². The Balaban J connectivity index is 3.15. The molecule has 1 rings (SSSR count). The summed E-state index contributed by atoms with van der Waals surface area (Å²) in [6, 6.07) is 3.75. The highest BCUT2D eigenvalue weighted by atomic mass is 16.6. The molecule has 0 unspecified atom stereocenters. The van der Waals surface area contributed by atoms with Crippen molar-refractivity contribution in [2.24, 2.45) is 0 Å². The predicted molar refractivity (Wildman–Crippen MR) is 108 cm³/mol. The van der Waals surface area contributed by atoms with Gasteiger partial charge in [0.05, 0.1) is 14.2 Å². The quantitative estimate of drug-likeness (QED) is 0.309. The maximum atomic E-state index is 12.1. The van der Waals surface area contributed by atoms with Crippen molar-refractivity contribution in [2.45, 2.75) is 45.8 Å². The average Bonchev–Trinajstić information content (AvgIpc) is 2.64. The molecule has 0 saturated carbocycles. The number of hydrogen-bond donors (Lipinski definition) is 1. The van der Waals surface area contributed by atoms with Crippen LogP contribution < -0.4 is 10.1 Å². The normalized spacial score (nSPS) is 12.1. The van der Waals surface area contributed by atoms with Crippen LogP contribution in [0.5, 0.6) is 5.75 Å². The van der Waals surface area contributed by atoms with E-state index in [4.69, 9.17) is 14.2 Å². The second kappa shape index (κ2) is 11.0. The summed E-state index contributed by atoms with van der Waals surface area (Å²) in [7, 11) is 2.44. The monoisotopic (exact) mass is 421 g/mol. The van der Waals surface area contributed by atoms with Crippen LogP contribution in [-0.2, 0) is 35.0 Å². The molecule has 30 heavy (non-hydrogen) atoms. The summed E-state index contributed by atoms with van der Waals surface area (Å²) in [4.78, 5) is 46.9. The summed E-state index contributed by atoms with van der Waals surface area (Å²) in [5.41, 5.74) is 0.290. The molecule has 1 atom stereocenters. The van der Waals surface area contributed by atoms with Gasteiger partial charge in [0.2, 0.25) is 0 Å². The first-order valence-corrected chi connectivity index (χ1v) is 9.10. The number of hydrogen-bond acceptors (Lipinski definition) is 8. The molecule has 0 spiro atoms. The van der Waals surface area contributed by atoms with Gasteiger partial charge in [0, 0.05) is 25.0 Å². The van der Waals surface area contributed by atoms with Crippen molar-refractivity contribution < 1.29 is 38.1 Å². The third kappa shape index (κ3) is 8.76. The molecule has 1 aromatic carbocycles. The zero-order valence-corrected chi connectivity index (χ0v) is 17.9. The molecule has 0 fully saturated rings. The fraction of sp³-hybridized carbons (Fsp3) is 0.429. The maximum absolute atomic E-state index is 12.1. The number of benzene rings is 1. The molecule has 0 aliphatic rings. The molecule has 164 valence electrons. The Labute approximate surface area is 175 Å². The minimum atomic E-state index is -1.01. The van der Waals surface area contributed by atoms with Gasteiger partial charge < -0.3 is 24.3 Å². The topological polar surface area (TPSA) is 117 Å². The number of amides is 1. The standard InChI is InChI=1S/C21H27NO8/c1-13(23)29-17-9-7-14(11-15(17)8-10-18(24)27-5)12-16(19(25)28-6)22-20(26)30-21(2,3)4/h7-11,16H,12H2,1-6H3,(H,22,26)/b10-8+/t16-/m0/s1. The highest BCUT2D eigenvalue weighted by molar-refractivity contribution is 5.88. The first-order chi connectivity index (χ1) is 13.9. The van der Waals surface area contributed by atoms with Gasteiger partial charge in [-0.3, -0.25) is 4.79 Å². The molecule has 0 bridgehead atoms. The fourth-order valence-electron chi connectivity index (χ4n) is 2.35. The molecule has 9 nitrogen and oxygen atoms in total. The van der Waals surface area contributed by atoms with Gasteiger partial charge in [-0.2, -0.15) is 0 Å². The van der Waals surface area contributed by atoms with Crippen LogP contribution >= 0.6 is 0 Å². The minimum absolute atomic E-state index is 0.0747. The lowest BCUT2D eigenvalue weighted by molar-refractivity contribution is -0.143. The molecular weight excluding hydrogens is 394 g/mol. The van der Waals surface area contributed by atoms with Crippen LogP contribution in [0, 0.1) is 0 Å². The maximum Gasteiger partial charge on any atom is 0.408 e. The second-order valence-corrected chi connectivity index (χ2v) is 7.25. The summed E-state index contributed by atoms with van der Waals surface area (Å²) in [5.74, 6) is -1.56. The van der Waals surface area contributed by atoms with Gasteiger partial charge in [0.15, 0.2) is 0 Å². The van der Waals surface area contributed by atoms with E-state index in [0.717, 1.165) is 0 Å². The van der Waals surface area contributed by atoms with Crippen LogP contribution in [0.1, 0.15) is 38.8 Å². The molecular formula is C21H27NO8. The third-order valence-corrected chi connectivity index (χ3v) is 3.54. The Bertz CT molecular complexity index is 823. The number of esters is 3. The molecule has 0 heterocycles. The van der Waals surface area contributed by atoms with Crippen LogP contribution in [0.15, 0.2) is 24.3 Å². The summed E-state index contributed by atoms with van der Waals surface area (Å²) in [5, 5.41) is 2.49. The average molecular weight is 421 g/mol. The van der Waals surface area contributed by atoms with E-state index in [1.807, 2.05) is 0 Å². The van der Waals surface area contributed by atoms with Crippen molar-refractivity contribution in [2.75, 3.05) is 14.2 Å². The number of methoxy groups -OCH3 is 2. The zero-order chi connectivity index (χ0) is 22.9. The number of carbonyl (C=O) groups is 4. The van der Waals surface area contributed by atoms with Crippen molar-refractivity contribution in [3.63, 3.8) is 0 Å². The Morgan fingerprint density at radius 1 is 1.10 bits per heavy atom. The van der Waals surface area contributed by atoms with E-state index < -0.39 is 35.6 Å². The fourth-order valence-corrected chi connectivity index (χ4v) is 2.35. The number of alkyl carbamates (subject to hydrolysis) is 1. The molecule has 0 radical (unpaired) electrons. The largest absolute Gasteiger partial charge is 0.467 e. The highest BCUT2D eigenvalue weighted by Crippen LogP contribution is 2.23. The summed E-state index contributed by atoms with van der Waals surface area (Å²) in [6.07, 6.45) is 1.90. The zero-order valence-electron chi connectivity index (χ0n) is 17.9. The molecule has 1 N–H and O–H groups in total. The number of carbonyl (C=O) groups excluding carboxylic acids is 4. The van der Waals surface area contributed by atoms with Crippen LogP contribution in [0.3, 0.4) is 0 Å². The van der Waals surface area contributed by atoms with E-state index in [9.17, 15) is 19.2 Å². The van der Waals surface area contributed by atoms with Gasteiger partial charge >= 0.3 is 24.0 Å². The van der Waals surface area contributed by atoms with E-state index in [0.29, 0.717) is 11.1 Å².